The predicted molar refractivity (Wildman–Crippen MR) is 71.3 cm³/mol. The van der Waals surface area contributed by atoms with Crippen molar-refractivity contribution in [2.24, 2.45) is 5.92 Å². The number of hydrogen-bond donors (Lipinski definition) is 2. The summed E-state index contributed by atoms with van der Waals surface area (Å²) in [5, 5.41) is 15.5. The monoisotopic (exact) mass is 281 g/mol. The maximum absolute atomic E-state index is 11.9. The molecular formula is C13H19N3O4. The number of nitrogens with one attached hydrogen (secondary N) is 1. The third kappa shape index (κ3) is 3.57. The SMILES string of the molecule is Cc1cc(NC(=O)CN2CCC(C)CC2C(=O)O)on1. The molecular weight excluding hydrogens is 262 g/mol. The molecule has 7 nitrogen and oxygen atoms in total. The van der Waals surface area contributed by atoms with Crippen LogP contribution in [0.3, 0.4) is 0 Å². The van der Waals surface area contributed by atoms with Crippen molar-refractivity contribution in [3.63, 3.8) is 0 Å². The van der Waals surface area contributed by atoms with E-state index in [1.165, 1.54) is 0 Å². The minimum absolute atomic E-state index is 0.0451. The summed E-state index contributed by atoms with van der Waals surface area (Å²) in [6.07, 6.45) is 1.47. The van der Waals surface area contributed by atoms with Crippen LogP contribution in [-0.4, -0.2) is 46.2 Å². The lowest BCUT2D eigenvalue weighted by molar-refractivity contribution is -0.145. The van der Waals surface area contributed by atoms with Crippen molar-refractivity contribution in [3.8, 4) is 0 Å². The summed E-state index contributed by atoms with van der Waals surface area (Å²) in [6.45, 7) is 4.45. The second kappa shape index (κ2) is 6.04. The summed E-state index contributed by atoms with van der Waals surface area (Å²) in [4.78, 5) is 24.9. The molecule has 0 aromatic carbocycles. The van der Waals surface area contributed by atoms with Crippen LogP contribution in [0.5, 0.6) is 0 Å². The van der Waals surface area contributed by atoms with Gasteiger partial charge in [-0.1, -0.05) is 12.1 Å². The Hall–Kier alpha value is -1.89. The van der Waals surface area contributed by atoms with E-state index in [2.05, 4.69) is 10.5 Å². The van der Waals surface area contributed by atoms with Crippen molar-refractivity contribution in [1.82, 2.24) is 10.1 Å². The number of carboxylic acids is 1. The number of rotatable bonds is 4. The Morgan fingerprint density at radius 3 is 2.95 bits per heavy atom. The van der Waals surface area contributed by atoms with Crippen LogP contribution in [0.2, 0.25) is 0 Å². The van der Waals surface area contributed by atoms with Crippen molar-refractivity contribution in [2.45, 2.75) is 32.7 Å². The first-order valence-electron chi connectivity index (χ1n) is 6.65. The molecule has 20 heavy (non-hydrogen) atoms. The topological polar surface area (TPSA) is 95.7 Å². The van der Waals surface area contributed by atoms with E-state index in [4.69, 9.17) is 4.52 Å². The fourth-order valence-electron chi connectivity index (χ4n) is 2.42. The summed E-state index contributed by atoms with van der Waals surface area (Å²) < 4.78 is 4.90. The molecule has 0 spiro atoms. The smallest absolute Gasteiger partial charge is 0.320 e. The molecule has 1 aliphatic rings. The van der Waals surface area contributed by atoms with E-state index in [1.807, 2.05) is 6.92 Å². The Balaban J connectivity index is 1.93. The quantitative estimate of drug-likeness (QED) is 0.858. The largest absolute Gasteiger partial charge is 0.480 e. The van der Waals surface area contributed by atoms with Gasteiger partial charge in [-0.15, -0.1) is 0 Å². The molecule has 110 valence electrons. The number of carbonyl (C=O) groups excluding carboxylic acids is 1. The van der Waals surface area contributed by atoms with Crippen LogP contribution in [0.25, 0.3) is 0 Å². The van der Waals surface area contributed by atoms with Crippen LogP contribution >= 0.6 is 0 Å². The van der Waals surface area contributed by atoms with Crippen LogP contribution < -0.4 is 5.32 Å². The van der Waals surface area contributed by atoms with Gasteiger partial charge in [-0.2, -0.15) is 0 Å². The average Bonchev–Trinajstić information content (AvgIpc) is 2.76. The van der Waals surface area contributed by atoms with Gasteiger partial charge in [0.05, 0.1) is 12.2 Å². The third-order valence-corrected chi connectivity index (χ3v) is 3.50. The highest BCUT2D eigenvalue weighted by Crippen LogP contribution is 2.22. The van der Waals surface area contributed by atoms with Crippen molar-refractivity contribution >= 4 is 17.8 Å². The number of carboxylic acid groups (broad SMARTS) is 1. The van der Waals surface area contributed by atoms with Gasteiger partial charge in [0.1, 0.15) is 6.04 Å². The second-order valence-electron chi connectivity index (χ2n) is 5.33. The molecule has 7 heteroatoms. The molecule has 2 atom stereocenters. The van der Waals surface area contributed by atoms with E-state index in [1.54, 1.807) is 17.9 Å². The van der Waals surface area contributed by atoms with E-state index >= 15 is 0 Å². The molecule has 0 saturated carbocycles. The highest BCUT2D eigenvalue weighted by Gasteiger charge is 2.32. The maximum Gasteiger partial charge on any atom is 0.320 e. The lowest BCUT2D eigenvalue weighted by Crippen LogP contribution is -2.49. The lowest BCUT2D eigenvalue weighted by atomic mass is 9.92. The molecule has 1 aromatic rings. The number of amides is 1. The van der Waals surface area contributed by atoms with Gasteiger partial charge < -0.3 is 9.63 Å². The summed E-state index contributed by atoms with van der Waals surface area (Å²) in [5.74, 6) is -0.515. The predicted octanol–water partition coefficient (Wildman–Crippen LogP) is 1.11. The number of likely N-dealkylation sites (tertiary alicyclic amines) is 1. The van der Waals surface area contributed by atoms with Crippen LogP contribution in [-0.2, 0) is 9.59 Å². The Morgan fingerprint density at radius 2 is 2.35 bits per heavy atom. The van der Waals surface area contributed by atoms with E-state index in [9.17, 15) is 14.7 Å². The molecule has 2 N–H and O–H groups in total. The molecule has 1 aromatic heterocycles. The molecule has 0 aliphatic carbocycles. The molecule has 1 fully saturated rings. The Labute approximate surface area is 116 Å². The first-order chi connectivity index (χ1) is 9.45. The van der Waals surface area contributed by atoms with Crippen LogP contribution in [0.1, 0.15) is 25.5 Å². The number of piperidine rings is 1. The molecule has 1 amide bonds. The van der Waals surface area contributed by atoms with E-state index < -0.39 is 12.0 Å². The van der Waals surface area contributed by atoms with E-state index in [0.717, 1.165) is 6.42 Å². The van der Waals surface area contributed by atoms with Gasteiger partial charge in [0.2, 0.25) is 11.8 Å². The van der Waals surface area contributed by atoms with Crippen LogP contribution in [0, 0.1) is 12.8 Å². The van der Waals surface area contributed by atoms with E-state index in [-0.39, 0.29) is 18.3 Å². The van der Waals surface area contributed by atoms with Gasteiger partial charge in [-0.3, -0.25) is 19.8 Å². The van der Waals surface area contributed by atoms with Crippen molar-refractivity contribution in [3.05, 3.63) is 11.8 Å². The number of nitrogens with zero attached hydrogens (tertiary/aromatic N) is 2. The summed E-state index contributed by atoms with van der Waals surface area (Å²) >= 11 is 0. The van der Waals surface area contributed by atoms with Gasteiger partial charge in [0.15, 0.2) is 0 Å². The van der Waals surface area contributed by atoms with Gasteiger partial charge in [-0.25, -0.2) is 0 Å². The minimum atomic E-state index is -0.875. The highest BCUT2D eigenvalue weighted by molar-refractivity contribution is 5.91. The first kappa shape index (κ1) is 14.5. The third-order valence-electron chi connectivity index (χ3n) is 3.50. The molecule has 2 rings (SSSR count). The summed E-state index contributed by atoms with van der Waals surface area (Å²) in [6, 6.07) is 1.02. The fourth-order valence-corrected chi connectivity index (χ4v) is 2.42. The summed E-state index contributed by atoms with van der Waals surface area (Å²) in [7, 11) is 0. The number of anilines is 1. The molecule has 2 unspecified atom stereocenters. The van der Waals surface area contributed by atoms with Gasteiger partial charge in [-0.05, 0) is 32.2 Å². The van der Waals surface area contributed by atoms with Gasteiger partial charge >= 0.3 is 5.97 Å². The number of hydrogen-bond acceptors (Lipinski definition) is 5. The minimum Gasteiger partial charge on any atom is -0.480 e. The number of aryl methyl sites for hydroxylation is 1. The zero-order valence-electron chi connectivity index (χ0n) is 11.6. The Bertz CT molecular complexity index is 500. The standard InChI is InChI=1S/C13H19N3O4/c1-8-3-4-16(10(5-8)13(18)19)7-11(17)14-12-6-9(2)15-20-12/h6,8,10H,3-5,7H2,1-2H3,(H,14,17)(H,18,19). The number of aliphatic carboxylic acids is 1. The molecule has 1 saturated heterocycles. The summed E-state index contributed by atoms with van der Waals surface area (Å²) in [5.41, 5.74) is 0.676. The molecule has 1 aliphatic heterocycles. The zero-order valence-corrected chi connectivity index (χ0v) is 11.6. The highest BCUT2D eigenvalue weighted by atomic mass is 16.5. The second-order valence-corrected chi connectivity index (χ2v) is 5.33. The van der Waals surface area contributed by atoms with Crippen molar-refractivity contribution in [1.29, 1.82) is 0 Å². The van der Waals surface area contributed by atoms with Crippen LogP contribution in [0.4, 0.5) is 5.88 Å². The molecule has 0 radical (unpaired) electrons. The fraction of sp³-hybridized carbons (Fsp3) is 0.615. The lowest BCUT2D eigenvalue weighted by Gasteiger charge is -2.35. The van der Waals surface area contributed by atoms with Crippen molar-refractivity contribution in [2.75, 3.05) is 18.4 Å². The molecule has 0 bridgehead atoms. The van der Waals surface area contributed by atoms with Crippen LogP contribution in [0.15, 0.2) is 10.6 Å². The van der Waals surface area contributed by atoms with E-state index in [0.29, 0.717) is 24.6 Å². The Morgan fingerprint density at radius 1 is 1.60 bits per heavy atom. The van der Waals surface area contributed by atoms with Gasteiger partial charge in [0, 0.05) is 6.07 Å². The zero-order chi connectivity index (χ0) is 14.7. The molecule has 2 heterocycles. The average molecular weight is 281 g/mol. The van der Waals surface area contributed by atoms with Crippen molar-refractivity contribution < 1.29 is 19.2 Å². The number of carbonyl (C=O) groups is 2. The maximum atomic E-state index is 11.9. The van der Waals surface area contributed by atoms with Gasteiger partial charge in [0.25, 0.3) is 0 Å². The Kier molecular flexibility index (Phi) is 4.39. The first-order valence-corrected chi connectivity index (χ1v) is 6.65. The normalized spacial score (nSPS) is 23.5. The number of aromatic nitrogens is 1.